The first-order chi connectivity index (χ1) is 9.50. The van der Waals surface area contributed by atoms with Crippen molar-refractivity contribution in [3.8, 4) is 0 Å². The van der Waals surface area contributed by atoms with Crippen LogP contribution in [0.5, 0.6) is 0 Å². The predicted molar refractivity (Wildman–Crippen MR) is 77.0 cm³/mol. The molecule has 0 spiro atoms. The van der Waals surface area contributed by atoms with E-state index in [1.165, 1.54) is 12.8 Å². The maximum Gasteiger partial charge on any atom is 0.239 e. The van der Waals surface area contributed by atoms with Gasteiger partial charge in [0.25, 0.3) is 0 Å². The maximum absolute atomic E-state index is 11.5. The van der Waals surface area contributed by atoms with Crippen molar-refractivity contribution in [2.45, 2.75) is 39.2 Å². The van der Waals surface area contributed by atoms with Gasteiger partial charge in [-0.1, -0.05) is 13.8 Å². The second-order valence-electron chi connectivity index (χ2n) is 5.71. The van der Waals surface area contributed by atoms with E-state index in [9.17, 15) is 9.59 Å². The fourth-order valence-corrected chi connectivity index (χ4v) is 1.59. The maximum atomic E-state index is 11.5. The number of hydrogen-bond acceptors (Lipinski definition) is 4. The minimum Gasteiger partial charge on any atom is -0.381 e. The molecule has 116 valence electrons. The van der Waals surface area contributed by atoms with Crippen LogP contribution in [-0.4, -0.2) is 44.2 Å². The topological polar surface area (TPSA) is 93.5 Å². The van der Waals surface area contributed by atoms with E-state index in [-0.39, 0.29) is 24.3 Å². The molecule has 0 aromatic carbocycles. The van der Waals surface area contributed by atoms with Crippen LogP contribution in [0.3, 0.4) is 0 Å². The smallest absolute Gasteiger partial charge is 0.239 e. The molecule has 0 heterocycles. The zero-order chi connectivity index (χ0) is 15.0. The van der Waals surface area contributed by atoms with Crippen molar-refractivity contribution in [1.29, 1.82) is 0 Å². The van der Waals surface area contributed by atoms with Gasteiger partial charge in [-0.05, 0) is 31.1 Å². The second-order valence-corrected chi connectivity index (χ2v) is 5.71. The van der Waals surface area contributed by atoms with Crippen LogP contribution in [-0.2, 0) is 14.3 Å². The fourth-order valence-electron chi connectivity index (χ4n) is 1.59. The van der Waals surface area contributed by atoms with Gasteiger partial charge in [0.05, 0.1) is 12.6 Å². The molecule has 1 aliphatic carbocycles. The number of nitrogens with two attached hydrogens (primary N) is 1. The summed E-state index contributed by atoms with van der Waals surface area (Å²) in [5, 5.41) is 5.27. The molecule has 0 radical (unpaired) electrons. The van der Waals surface area contributed by atoms with Gasteiger partial charge >= 0.3 is 0 Å². The van der Waals surface area contributed by atoms with E-state index < -0.39 is 6.04 Å². The Balaban J connectivity index is 1.95. The Bertz CT molecular complexity index is 317. The summed E-state index contributed by atoms with van der Waals surface area (Å²) in [4.78, 5) is 23.0. The number of nitrogens with one attached hydrogen (secondary N) is 2. The van der Waals surface area contributed by atoms with Crippen LogP contribution in [0.4, 0.5) is 0 Å². The highest BCUT2D eigenvalue weighted by molar-refractivity contribution is 5.87. The van der Waals surface area contributed by atoms with Gasteiger partial charge in [-0.3, -0.25) is 9.59 Å². The van der Waals surface area contributed by atoms with E-state index in [1.807, 2.05) is 13.8 Å². The van der Waals surface area contributed by atoms with Gasteiger partial charge in [0.1, 0.15) is 0 Å². The molecule has 0 aromatic rings. The number of carbonyl (C=O) groups is 2. The van der Waals surface area contributed by atoms with Gasteiger partial charge in [0, 0.05) is 19.8 Å². The summed E-state index contributed by atoms with van der Waals surface area (Å²) in [5.74, 6) is 0.339. The highest BCUT2D eigenvalue weighted by Gasteiger charge is 2.20. The Hall–Kier alpha value is -1.14. The number of carbonyl (C=O) groups excluding carboxylic acids is 2. The van der Waals surface area contributed by atoms with Crippen molar-refractivity contribution in [1.82, 2.24) is 10.6 Å². The van der Waals surface area contributed by atoms with E-state index in [4.69, 9.17) is 10.5 Å². The van der Waals surface area contributed by atoms with Crippen LogP contribution in [0.15, 0.2) is 0 Å². The van der Waals surface area contributed by atoms with E-state index in [0.29, 0.717) is 13.2 Å². The monoisotopic (exact) mass is 285 g/mol. The molecule has 0 bridgehead atoms. The molecule has 1 fully saturated rings. The minimum absolute atomic E-state index is 0.0256. The minimum atomic E-state index is -0.571. The molecule has 6 heteroatoms. The van der Waals surface area contributed by atoms with Crippen LogP contribution in [0.25, 0.3) is 0 Å². The highest BCUT2D eigenvalue weighted by Crippen LogP contribution is 2.28. The van der Waals surface area contributed by atoms with Crippen LogP contribution in [0.2, 0.25) is 0 Å². The lowest BCUT2D eigenvalue weighted by Crippen LogP contribution is -2.47. The summed E-state index contributed by atoms with van der Waals surface area (Å²) in [6, 6.07) is -0.571. The molecule has 1 atom stereocenters. The highest BCUT2D eigenvalue weighted by atomic mass is 16.5. The van der Waals surface area contributed by atoms with Gasteiger partial charge < -0.3 is 21.1 Å². The lowest BCUT2D eigenvalue weighted by Gasteiger charge is -2.15. The van der Waals surface area contributed by atoms with E-state index >= 15 is 0 Å². The third-order valence-electron chi connectivity index (χ3n) is 3.28. The molecule has 4 N–H and O–H groups in total. The van der Waals surface area contributed by atoms with Crippen molar-refractivity contribution in [2.24, 2.45) is 17.6 Å². The first-order valence-corrected chi connectivity index (χ1v) is 7.38. The van der Waals surface area contributed by atoms with Gasteiger partial charge in [0.15, 0.2) is 0 Å². The molecule has 1 rings (SSSR count). The molecular formula is C14H27N3O3. The average Bonchev–Trinajstić information content (AvgIpc) is 3.23. The van der Waals surface area contributed by atoms with Crippen molar-refractivity contribution in [3.63, 3.8) is 0 Å². The van der Waals surface area contributed by atoms with Gasteiger partial charge in [0.2, 0.25) is 11.8 Å². The summed E-state index contributed by atoms with van der Waals surface area (Å²) in [6.07, 6.45) is 3.36. The summed E-state index contributed by atoms with van der Waals surface area (Å²) in [6.45, 7) is 5.79. The second kappa shape index (κ2) is 8.92. The molecule has 2 amide bonds. The molecule has 0 unspecified atom stereocenters. The predicted octanol–water partition coefficient (Wildman–Crippen LogP) is 0.0188. The number of ether oxygens (including phenoxy) is 1. The van der Waals surface area contributed by atoms with Crippen LogP contribution in [0, 0.1) is 11.8 Å². The van der Waals surface area contributed by atoms with Crippen molar-refractivity contribution >= 4 is 11.8 Å². The van der Waals surface area contributed by atoms with Crippen molar-refractivity contribution < 1.29 is 14.3 Å². The third-order valence-corrected chi connectivity index (χ3v) is 3.28. The Morgan fingerprint density at radius 3 is 2.60 bits per heavy atom. The van der Waals surface area contributed by atoms with Crippen molar-refractivity contribution in [3.05, 3.63) is 0 Å². The largest absolute Gasteiger partial charge is 0.381 e. The Morgan fingerprint density at radius 2 is 2.00 bits per heavy atom. The van der Waals surface area contributed by atoms with Crippen LogP contribution >= 0.6 is 0 Å². The fraction of sp³-hybridized carbons (Fsp3) is 0.857. The van der Waals surface area contributed by atoms with Crippen LogP contribution in [0.1, 0.15) is 33.1 Å². The Kier molecular flexibility index (Phi) is 7.54. The molecule has 0 aliphatic heterocycles. The summed E-state index contributed by atoms with van der Waals surface area (Å²) < 4.78 is 5.46. The van der Waals surface area contributed by atoms with Crippen molar-refractivity contribution in [2.75, 3.05) is 26.3 Å². The normalized spacial score (nSPS) is 16.0. The first-order valence-electron chi connectivity index (χ1n) is 7.38. The lowest BCUT2D eigenvalue weighted by atomic mass is 10.1. The number of rotatable bonds is 10. The number of amides is 2. The lowest BCUT2D eigenvalue weighted by molar-refractivity contribution is -0.127. The zero-order valence-electron chi connectivity index (χ0n) is 12.5. The van der Waals surface area contributed by atoms with E-state index in [2.05, 4.69) is 10.6 Å². The van der Waals surface area contributed by atoms with Gasteiger partial charge in [-0.2, -0.15) is 0 Å². The Morgan fingerprint density at radius 1 is 1.30 bits per heavy atom. The molecule has 1 saturated carbocycles. The summed E-state index contributed by atoms with van der Waals surface area (Å²) >= 11 is 0. The van der Waals surface area contributed by atoms with E-state index in [1.54, 1.807) is 0 Å². The van der Waals surface area contributed by atoms with Gasteiger partial charge in [-0.15, -0.1) is 0 Å². The SMILES string of the molecule is CC(C)[C@H](N)C(=O)NCC(=O)NCCCOCC1CC1. The quantitative estimate of drug-likeness (QED) is 0.493. The number of hydrogen-bond donors (Lipinski definition) is 3. The molecule has 1 aliphatic rings. The zero-order valence-corrected chi connectivity index (χ0v) is 12.5. The van der Waals surface area contributed by atoms with Crippen LogP contribution < -0.4 is 16.4 Å². The molecule has 0 saturated heterocycles. The summed E-state index contributed by atoms with van der Waals surface area (Å²) in [5.41, 5.74) is 5.67. The summed E-state index contributed by atoms with van der Waals surface area (Å²) in [7, 11) is 0. The van der Waals surface area contributed by atoms with Gasteiger partial charge in [-0.25, -0.2) is 0 Å². The molecule has 6 nitrogen and oxygen atoms in total. The molecule has 20 heavy (non-hydrogen) atoms. The van der Waals surface area contributed by atoms with E-state index in [0.717, 1.165) is 18.9 Å². The average molecular weight is 285 g/mol. The standard InChI is InChI=1S/C14H27N3O3/c1-10(2)13(15)14(19)17-8-12(18)16-6-3-7-20-9-11-4-5-11/h10-11,13H,3-9,15H2,1-2H3,(H,16,18)(H,17,19)/t13-/m0/s1. The Labute approximate surface area is 120 Å². The molecule has 0 aromatic heterocycles. The first kappa shape index (κ1) is 16.9. The molecular weight excluding hydrogens is 258 g/mol. The third kappa shape index (κ3) is 7.45.